The minimum atomic E-state index is -0.584. The molecule has 1 aliphatic heterocycles. The van der Waals surface area contributed by atoms with Crippen molar-refractivity contribution in [1.29, 1.82) is 0 Å². The van der Waals surface area contributed by atoms with Gasteiger partial charge in [0, 0.05) is 34.7 Å². The molecule has 2 N–H and O–H groups in total. The number of nitrogens with zero attached hydrogens (tertiary/aromatic N) is 1. The molecule has 2 amide bonds. The first-order chi connectivity index (χ1) is 16.9. The zero-order chi connectivity index (χ0) is 25.4. The van der Waals surface area contributed by atoms with Crippen LogP contribution in [-0.4, -0.2) is 23.6 Å². The standard InChI is InChI=1S/C27H26ClN3O2.C2H6/c1-17(2)14-25(32)29-21-11-8-19(9-12-21)26-22-16-20(28)10-13-23(22)31-27(33)24(30-26)15-18-6-4-3-5-7-18;1-2/h3-13,16-17,24H,14-15H2,1-2H3,(H,29,32)(H,31,33);1-2H3. The van der Waals surface area contributed by atoms with Gasteiger partial charge in [-0.3, -0.25) is 14.6 Å². The largest absolute Gasteiger partial charge is 0.326 e. The van der Waals surface area contributed by atoms with Gasteiger partial charge in [0.15, 0.2) is 0 Å². The Hall–Kier alpha value is -3.44. The van der Waals surface area contributed by atoms with Crippen LogP contribution in [0.5, 0.6) is 0 Å². The van der Waals surface area contributed by atoms with Crippen LogP contribution in [0.15, 0.2) is 77.8 Å². The first-order valence-electron chi connectivity index (χ1n) is 12.0. The number of anilines is 2. The normalized spacial score (nSPS) is 14.6. The Bertz CT molecular complexity index is 1190. The molecule has 182 valence electrons. The predicted octanol–water partition coefficient (Wildman–Crippen LogP) is 6.75. The van der Waals surface area contributed by atoms with Crippen molar-refractivity contribution in [3.05, 3.63) is 94.5 Å². The molecule has 0 aromatic heterocycles. The topological polar surface area (TPSA) is 70.6 Å². The Kier molecular flexibility index (Phi) is 9.21. The number of hydrogen-bond acceptors (Lipinski definition) is 3. The molecule has 3 aromatic carbocycles. The maximum absolute atomic E-state index is 13.0. The average Bonchev–Trinajstić information content (AvgIpc) is 2.97. The third-order valence-electron chi connectivity index (χ3n) is 5.39. The van der Waals surface area contributed by atoms with Gasteiger partial charge in [-0.05, 0) is 41.8 Å². The van der Waals surface area contributed by atoms with Crippen molar-refractivity contribution in [3.63, 3.8) is 0 Å². The average molecular weight is 490 g/mol. The van der Waals surface area contributed by atoms with Gasteiger partial charge in [-0.15, -0.1) is 0 Å². The molecular weight excluding hydrogens is 458 g/mol. The lowest BCUT2D eigenvalue weighted by Gasteiger charge is -2.12. The summed E-state index contributed by atoms with van der Waals surface area (Å²) in [6, 6.07) is 22.2. The van der Waals surface area contributed by atoms with Gasteiger partial charge >= 0.3 is 0 Å². The minimum Gasteiger partial charge on any atom is -0.326 e. The molecule has 0 saturated heterocycles. The predicted molar refractivity (Wildman–Crippen MR) is 146 cm³/mol. The second-order valence-corrected chi connectivity index (χ2v) is 9.02. The van der Waals surface area contributed by atoms with Crippen LogP contribution in [0.1, 0.15) is 50.8 Å². The summed E-state index contributed by atoms with van der Waals surface area (Å²) in [7, 11) is 0. The Balaban J connectivity index is 0.00000167. The Morgan fingerprint density at radius 2 is 1.71 bits per heavy atom. The van der Waals surface area contributed by atoms with Crippen molar-refractivity contribution in [1.82, 2.24) is 0 Å². The highest BCUT2D eigenvalue weighted by molar-refractivity contribution is 6.32. The molecular formula is C29H32ClN3O2. The van der Waals surface area contributed by atoms with Crippen molar-refractivity contribution in [3.8, 4) is 0 Å². The number of benzodiazepines with no additional fused rings is 1. The first kappa shape index (κ1) is 26.2. The quantitative estimate of drug-likeness (QED) is 0.402. The van der Waals surface area contributed by atoms with E-state index in [1.807, 2.05) is 88.4 Å². The molecule has 0 radical (unpaired) electrons. The molecule has 0 spiro atoms. The van der Waals surface area contributed by atoms with Gasteiger partial charge < -0.3 is 10.6 Å². The third-order valence-corrected chi connectivity index (χ3v) is 5.62. The van der Waals surface area contributed by atoms with E-state index in [4.69, 9.17) is 16.6 Å². The van der Waals surface area contributed by atoms with Crippen LogP contribution in [-0.2, 0) is 16.0 Å². The van der Waals surface area contributed by atoms with Gasteiger partial charge in [-0.2, -0.15) is 0 Å². The SMILES string of the molecule is CC.CC(C)CC(=O)Nc1ccc(C2=NC(Cc3ccccc3)C(=O)Nc3ccc(Cl)cc32)cc1. The lowest BCUT2D eigenvalue weighted by atomic mass is 10.00. The number of benzene rings is 3. The van der Waals surface area contributed by atoms with E-state index in [0.717, 1.165) is 22.4 Å². The van der Waals surface area contributed by atoms with Crippen LogP contribution >= 0.6 is 11.6 Å². The number of carbonyl (C=O) groups excluding carboxylic acids is 2. The van der Waals surface area contributed by atoms with Crippen molar-refractivity contribution in [2.24, 2.45) is 10.9 Å². The van der Waals surface area contributed by atoms with Crippen molar-refractivity contribution in [2.75, 3.05) is 10.6 Å². The Morgan fingerprint density at radius 3 is 2.37 bits per heavy atom. The zero-order valence-electron chi connectivity index (χ0n) is 20.6. The van der Waals surface area contributed by atoms with Crippen LogP contribution in [0.4, 0.5) is 11.4 Å². The number of nitrogens with one attached hydrogen (secondary N) is 2. The monoisotopic (exact) mass is 489 g/mol. The van der Waals surface area contributed by atoms with E-state index < -0.39 is 6.04 Å². The van der Waals surface area contributed by atoms with Crippen molar-refractivity contribution < 1.29 is 9.59 Å². The van der Waals surface area contributed by atoms with Gasteiger partial charge in [0.2, 0.25) is 11.8 Å². The number of rotatable bonds is 6. The molecule has 0 fully saturated rings. The number of carbonyl (C=O) groups is 2. The summed E-state index contributed by atoms with van der Waals surface area (Å²) < 4.78 is 0. The first-order valence-corrected chi connectivity index (χ1v) is 12.4. The highest BCUT2D eigenvalue weighted by Gasteiger charge is 2.26. The second-order valence-electron chi connectivity index (χ2n) is 8.59. The fourth-order valence-corrected chi connectivity index (χ4v) is 3.99. The van der Waals surface area contributed by atoms with Crippen LogP contribution in [0.2, 0.25) is 5.02 Å². The molecule has 1 unspecified atom stereocenters. The van der Waals surface area contributed by atoms with Crippen LogP contribution in [0.25, 0.3) is 0 Å². The number of hydrogen-bond donors (Lipinski definition) is 2. The minimum absolute atomic E-state index is 0.0144. The van der Waals surface area contributed by atoms with Crippen LogP contribution in [0, 0.1) is 5.92 Å². The summed E-state index contributed by atoms with van der Waals surface area (Å²) in [5.74, 6) is 0.117. The van der Waals surface area contributed by atoms with E-state index in [-0.39, 0.29) is 17.7 Å². The highest BCUT2D eigenvalue weighted by Crippen LogP contribution is 2.28. The molecule has 6 heteroatoms. The fourth-order valence-electron chi connectivity index (χ4n) is 3.82. The number of amides is 2. The number of aliphatic imine (C=N–C) groups is 1. The second kappa shape index (κ2) is 12.3. The van der Waals surface area contributed by atoms with E-state index >= 15 is 0 Å². The molecule has 0 bridgehead atoms. The van der Waals surface area contributed by atoms with Gasteiger partial charge in [-0.25, -0.2) is 0 Å². The molecule has 1 atom stereocenters. The fraction of sp³-hybridized carbons (Fsp3) is 0.276. The number of fused-ring (bicyclic) bond motifs is 1. The summed E-state index contributed by atoms with van der Waals surface area (Å²) in [5, 5.41) is 6.50. The Labute approximate surface area is 212 Å². The molecule has 0 saturated carbocycles. The lowest BCUT2D eigenvalue weighted by Crippen LogP contribution is -2.27. The summed E-state index contributed by atoms with van der Waals surface area (Å²) >= 11 is 6.29. The lowest BCUT2D eigenvalue weighted by molar-refractivity contribution is -0.117. The number of halogens is 1. The molecule has 5 nitrogen and oxygen atoms in total. The molecule has 1 aliphatic rings. The molecule has 35 heavy (non-hydrogen) atoms. The van der Waals surface area contributed by atoms with E-state index in [9.17, 15) is 9.59 Å². The maximum atomic E-state index is 13.0. The summed E-state index contributed by atoms with van der Waals surface area (Å²) in [5.41, 5.74) is 4.73. The summed E-state index contributed by atoms with van der Waals surface area (Å²) in [4.78, 5) is 30.0. The van der Waals surface area contributed by atoms with Crippen LogP contribution < -0.4 is 10.6 Å². The van der Waals surface area contributed by atoms with E-state index in [1.165, 1.54) is 0 Å². The van der Waals surface area contributed by atoms with E-state index in [0.29, 0.717) is 29.3 Å². The molecule has 4 rings (SSSR count). The molecule has 3 aromatic rings. The zero-order valence-corrected chi connectivity index (χ0v) is 21.4. The summed E-state index contributed by atoms with van der Waals surface area (Å²) in [6.07, 6.45) is 0.955. The van der Waals surface area contributed by atoms with Gasteiger partial charge in [0.05, 0.1) is 11.4 Å². The third kappa shape index (κ3) is 7.03. The van der Waals surface area contributed by atoms with Gasteiger partial charge in [0.1, 0.15) is 6.04 Å². The van der Waals surface area contributed by atoms with Gasteiger partial charge in [0.25, 0.3) is 0 Å². The highest BCUT2D eigenvalue weighted by atomic mass is 35.5. The van der Waals surface area contributed by atoms with Crippen molar-refractivity contribution in [2.45, 2.75) is 46.6 Å². The molecule has 1 heterocycles. The van der Waals surface area contributed by atoms with E-state index in [1.54, 1.807) is 12.1 Å². The maximum Gasteiger partial charge on any atom is 0.249 e. The summed E-state index contributed by atoms with van der Waals surface area (Å²) in [6.45, 7) is 8.02. The van der Waals surface area contributed by atoms with Gasteiger partial charge in [-0.1, -0.05) is 81.8 Å². The van der Waals surface area contributed by atoms with Crippen LogP contribution in [0.3, 0.4) is 0 Å². The molecule has 0 aliphatic carbocycles. The van der Waals surface area contributed by atoms with E-state index in [2.05, 4.69) is 10.6 Å². The Morgan fingerprint density at radius 1 is 1.03 bits per heavy atom. The smallest absolute Gasteiger partial charge is 0.249 e. The van der Waals surface area contributed by atoms with Crippen molar-refractivity contribution >= 4 is 40.5 Å².